The molecule has 80 valence electrons. The molecule has 1 aromatic heterocycles. The molecule has 0 saturated heterocycles. The van der Waals surface area contributed by atoms with Gasteiger partial charge in [0.05, 0.1) is 24.3 Å². The summed E-state index contributed by atoms with van der Waals surface area (Å²) in [6.07, 6.45) is 1.75. The van der Waals surface area contributed by atoms with Crippen LogP contribution < -0.4 is 4.74 Å². The summed E-state index contributed by atoms with van der Waals surface area (Å²) in [6, 6.07) is 5.27. The molecule has 0 N–H and O–H groups in total. The number of rotatable bonds is 5. The second-order valence-electron chi connectivity index (χ2n) is 3.26. The number of pyridine rings is 1. The molecule has 4 nitrogen and oxygen atoms in total. The van der Waals surface area contributed by atoms with Crippen LogP contribution in [0.3, 0.4) is 0 Å². The Bertz CT molecular complexity index is 345. The molecule has 1 heterocycles. The topological polar surface area (TPSA) is 55.1 Å². The molecule has 0 aliphatic carbocycles. The van der Waals surface area contributed by atoms with Crippen LogP contribution >= 0.6 is 0 Å². The van der Waals surface area contributed by atoms with Gasteiger partial charge in [-0.1, -0.05) is 0 Å². The van der Waals surface area contributed by atoms with Gasteiger partial charge in [-0.05, 0) is 19.9 Å². The van der Waals surface area contributed by atoms with Crippen LogP contribution in [-0.2, 0) is 4.74 Å². The second kappa shape index (κ2) is 5.99. The highest BCUT2D eigenvalue weighted by atomic mass is 16.5. The van der Waals surface area contributed by atoms with Crippen LogP contribution in [0.25, 0.3) is 0 Å². The summed E-state index contributed by atoms with van der Waals surface area (Å²) < 4.78 is 10.6. The third-order valence-corrected chi connectivity index (χ3v) is 1.65. The molecule has 1 aromatic rings. The first-order valence-electron chi connectivity index (χ1n) is 4.83. The minimum absolute atomic E-state index is 0.201. The Kier molecular flexibility index (Phi) is 4.58. The maximum Gasteiger partial charge on any atom is 0.214 e. The molecular weight excluding hydrogens is 192 g/mol. The number of hydrogen-bond donors (Lipinski definition) is 0. The van der Waals surface area contributed by atoms with Gasteiger partial charge in [0.1, 0.15) is 6.61 Å². The molecule has 4 heteroatoms. The van der Waals surface area contributed by atoms with Crippen LogP contribution in [0.4, 0.5) is 0 Å². The Labute approximate surface area is 89.5 Å². The zero-order chi connectivity index (χ0) is 11.1. The average Bonchev–Trinajstić information content (AvgIpc) is 2.24. The summed E-state index contributed by atoms with van der Waals surface area (Å²) in [5.74, 6) is 0.460. The zero-order valence-corrected chi connectivity index (χ0v) is 8.93. The number of nitrogens with zero attached hydrogens (tertiary/aromatic N) is 2. The van der Waals surface area contributed by atoms with Crippen LogP contribution in [0.15, 0.2) is 18.3 Å². The summed E-state index contributed by atoms with van der Waals surface area (Å²) in [5.41, 5.74) is 0.546. The molecule has 0 amide bonds. The standard InChI is InChI=1S/C11H14N2O2/c1-9(2)14-5-6-15-11-7-10(8-12)3-4-13-11/h3-4,7,9H,5-6H2,1-2H3. The average molecular weight is 206 g/mol. The van der Waals surface area contributed by atoms with E-state index in [2.05, 4.69) is 4.98 Å². The highest BCUT2D eigenvalue weighted by Crippen LogP contribution is 2.07. The molecule has 1 rings (SSSR count). The molecule has 0 fully saturated rings. The number of nitriles is 1. The van der Waals surface area contributed by atoms with Gasteiger partial charge in [-0.25, -0.2) is 4.98 Å². The second-order valence-corrected chi connectivity index (χ2v) is 3.26. The van der Waals surface area contributed by atoms with E-state index in [1.54, 1.807) is 18.3 Å². The van der Waals surface area contributed by atoms with Crippen molar-refractivity contribution in [1.82, 2.24) is 4.98 Å². The van der Waals surface area contributed by atoms with E-state index in [1.807, 2.05) is 19.9 Å². The van der Waals surface area contributed by atoms with Crippen molar-refractivity contribution in [3.8, 4) is 11.9 Å². The lowest BCUT2D eigenvalue weighted by molar-refractivity contribution is 0.0542. The maximum absolute atomic E-state index is 8.65. The molecule has 0 spiro atoms. The van der Waals surface area contributed by atoms with E-state index in [1.165, 1.54) is 0 Å². The third-order valence-electron chi connectivity index (χ3n) is 1.65. The smallest absolute Gasteiger partial charge is 0.214 e. The van der Waals surface area contributed by atoms with Gasteiger partial charge in [-0.2, -0.15) is 5.26 Å². The van der Waals surface area contributed by atoms with Gasteiger partial charge in [0.15, 0.2) is 0 Å². The van der Waals surface area contributed by atoms with Crippen LogP contribution in [-0.4, -0.2) is 24.3 Å². The Morgan fingerprint density at radius 2 is 2.27 bits per heavy atom. The quantitative estimate of drug-likeness (QED) is 0.689. The van der Waals surface area contributed by atoms with Crippen LogP contribution in [0.1, 0.15) is 19.4 Å². The van der Waals surface area contributed by atoms with Crippen molar-refractivity contribution in [2.75, 3.05) is 13.2 Å². The van der Waals surface area contributed by atoms with Crippen molar-refractivity contribution in [2.24, 2.45) is 0 Å². The lowest BCUT2D eigenvalue weighted by Crippen LogP contribution is -2.11. The number of hydrogen-bond acceptors (Lipinski definition) is 4. The Balaban J connectivity index is 2.35. The summed E-state index contributed by atoms with van der Waals surface area (Å²) in [5, 5.41) is 8.65. The van der Waals surface area contributed by atoms with E-state index < -0.39 is 0 Å². The fourth-order valence-electron chi connectivity index (χ4n) is 0.988. The summed E-state index contributed by atoms with van der Waals surface area (Å²) in [6.45, 7) is 4.90. The largest absolute Gasteiger partial charge is 0.475 e. The first-order valence-corrected chi connectivity index (χ1v) is 4.83. The van der Waals surface area contributed by atoms with Gasteiger partial charge in [-0.3, -0.25) is 0 Å². The highest BCUT2D eigenvalue weighted by Gasteiger charge is 1.98. The first kappa shape index (κ1) is 11.5. The van der Waals surface area contributed by atoms with Gasteiger partial charge in [0.2, 0.25) is 5.88 Å². The monoisotopic (exact) mass is 206 g/mol. The van der Waals surface area contributed by atoms with E-state index in [4.69, 9.17) is 14.7 Å². The molecule has 15 heavy (non-hydrogen) atoms. The number of aromatic nitrogens is 1. The van der Waals surface area contributed by atoms with Crippen molar-refractivity contribution in [3.05, 3.63) is 23.9 Å². The Hall–Kier alpha value is -1.60. The lowest BCUT2D eigenvalue weighted by Gasteiger charge is -2.08. The molecule has 0 aromatic carbocycles. The van der Waals surface area contributed by atoms with Crippen LogP contribution in [0.5, 0.6) is 5.88 Å². The Morgan fingerprint density at radius 1 is 1.47 bits per heavy atom. The van der Waals surface area contributed by atoms with Crippen molar-refractivity contribution in [1.29, 1.82) is 5.26 Å². The van der Waals surface area contributed by atoms with Gasteiger partial charge in [0.25, 0.3) is 0 Å². The molecular formula is C11H14N2O2. The van der Waals surface area contributed by atoms with Gasteiger partial charge < -0.3 is 9.47 Å². The summed E-state index contributed by atoms with van der Waals surface area (Å²) in [7, 11) is 0. The molecule has 0 atom stereocenters. The summed E-state index contributed by atoms with van der Waals surface area (Å²) in [4.78, 5) is 3.98. The van der Waals surface area contributed by atoms with Crippen molar-refractivity contribution >= 4 is 0 Å². The van der Waals surface area contributed by atoms with Gasteiger partial charge in [0, 0.05) is 12.3 Å². The fraction of sp³-hybridized carbons (Fsp3) is 0.455. The van der Waals surface area contributed by atoms with Crippen molar-refractivity contribution < 1.29 is 9.47 Å². The predicted molar refractivity (Wildman–Crippen MR) is 55.5 cm³/mol. The molecule has 0 aliphatic rings. The molecule has 0 bridgehead atoms. The SMILES string of the molecule is CC(C)OCCOc1cc(C#N)ccn1. The van der Waals surface area contributed by atoms with E-state index in [0.717, 1.165) is 0 Å². The van der Waals surface area contributed by atoms with E-state index >= 15 is 0 Å². The third kappa shape index (κ3) is 4.43. The molecule has 0 radical (unpaired) electrons. The normalized spacial score (nSPS) is 10.0. The summed E-state index contributed by atoms with van der Waals surface area (Å²) >= 11 is 0. The number of ether oxygens (including phenoxy) is 2. The maximum atomic E-state index is 8.65. The minimum atomic E-state index is 0.201. The fourth-order valence-corrected chi connectivity index (χ4v) is 0.988. The Morgan fingerprint density at radius 3 is 2.93 bits per heavy atom. The molecule has 0 saturated carbocycles. The van der Waals surface area contributed by atoms with Crippen molar-refractivity contribution in [2.45, 2.75) is 20.0 Å². The van der Waals surface area contributed by atoms with E-state index in [-0.39, 0.29) is 6.10 Å². The van der Waals surface area contributed by atoms with Gasteiger partial charge in [-0.15, -0.1) is 0 Å². The van der Waals surface area contributed by atoms with E-state index in [9.17, 15) is 0 Å². The minimum Gasteiger partial charge on any atom is -0.475 e. The van der Waals surface area contributed by atoms with Crippen LogP contribution in [0, 0.1) is 11.3 Å². The predicted octanol–water partition coefficient (Wildman–Crippen LogP) is 1.76. The lowest BCUT2D eigenvalue weighted by atomic mass is 10.3. The van der Waals surface area contributed by atoms with E-state index in [0.29, 0.717) is 24.7 Å². The zero-order valence-electron chi connectivity index (χ0n) is 8.93. The molecule has 0 aliphatic heterocycles. The highest BCUT2D eigenvalue weighted by molar-refractivity contribution is 5.31. The van der Waals surface area contributed by atoms with Crippen molar-refractivity contribution in [3.63, 3.8) is 0 Å². The molecule has 0 unspecified atom stereocenters. The van der Waals surface area contributed by atoms with Crippen LogP contribution in [0.2, 0.25) is 0 Å². The van der Waals surface area contributed by atoms with Gasteiger partial charge >= 0.3 is 0 Å². The first-order chi connectivity index (χ1) is 7.22.